The van der Waals surface area contributed by atoms with Gasteiger partial charge in [-0.25, -0.2) is 4.98 Å². The van der Waals surface area contributed by atoms with Crippen LogP contribution in [0.1, 0.15) is 38.2 Å². The quantitative estimate of drug-likeness (QED) is 0.748. The van der Waals surface area contributed by atoms with Crippen LogP contribution in [0.3, 0.4) is 0 Å². The third-order valence-corrected chi connectivity index (χ3v) is 2.34. The molecule has 78 valence electrons. The number of methoxy groups -OCH3 is 1. The molecule has 3 heteroatoms. The molecular formula is C11H16ClNO. The van der Waals surface area contributed by atoms with Gasteiger partial charge in [-0.1, -0.05) is 25.4 Å². The molecule has 1 fully saturated rings. The van der Waals surface area contributed by atoms with E-state index in [-0.39, 0.29) is 0 Å². The highest BCUT2D eigenvalue weighted by Crippen LogP contribution is 2.41. The van der Waals surface area contributed by atoms with Crippen molar-refractivity contribution in [3.8, 4) is 5.88 Å². The van der Waals surface area contributed by atoms with Gasteiger partial charge in [-0.05, 0) is 30.4 Å². The second-order valence-corrected chi connectivity index (χ2v) is 3.44. The normalized spacial score (nSPS) is 14.3. The van der Waals surface area contributed by atoms with Gasteiger partial charge in [-0.15, -0.1) is 0 Å². The molecule has 1 saturated carbocycles. The Balaban J connectivity index is 0.000000461. The minimum absolute atomic E-state index is 0.515. The number of hydrogen-bond donors (Lipinski definition) is 0. The zero-order valence-electron chi connectivity index (χ0n) is 8.88. The molecule has 1 aliphatic carbocycles. The molecule has 2 nitrogen and oxygen atoms in total. The fourth-order valence-corrected chi connectivity index (χ4v) is 1.48. The van der Waals surface area contributed by atoms with Gasteiger partial charge in [0.15, 0.2) is 0 Å². The monoisotopic (exact) mass is 213 g/mol. The lowest BCUT2D eigenvalue weighted by Gasteiger charge is -2.02. The third kappa shape index (κ3) is 2.61. The van der Waals surface area contributed by atoms with E-state index in [0.29, 0.717) is 16.8 Å². The predicted octanol–water partition coefficient (Wildman–Crippen LogP) is 3.65. The molecular weight excluding hydrogens is 198 g/mol. The van der Waals surface area contributed by atoms with Crippen molar-refractivity contribution in [2.24, 2.45) is 0 Å². The summed E-state index contributed by atoms with van der Waals surface area (Å²) in [4.78, 5) is 4.10. The number of halogens is 1. The van der Waals surface area contributed by atoms with E-state index in [9.17, 15) is 0 Å². The van der Waals surface area contributed by atoms with E-state index in [2.05, 4.69) is 4.98 Å². The zero-order valence-corrected chi connectivity index (χ0v) is 9.64. The maximum absolute atomic E-state index is 5.91. The summed E-state index contributed by atoms with van der Waals surface area (Å²) in [6.07, 6.45) is 4.39. The average Bonchev–Trinajstić information content (AvgIpc) is 3.04. The number of nitrogens with zero attached hydrogens (tertiary/aromatic N) is 1. The highest BCUT2D eigenvalue weighted by Gasteiger charge is 2.24. The highest BCUT2D eigenvalue weighted by atomic mass is 35.5. The van der Waals surface area contributed by atoms with E-state index in [1.165, 1.54) is 18.4 Å². The highest BCUT2D eigenvalue weighted by molar-refractivity contribution is 6.31. The van der Waals surface area contributed by atoms with Gasteiger partial charge in [-0.3, -0.25) is 0 Å². The average molecular weight is 214 g/mol. The van der Waals surface area contributed by atoms with Gasteiger partial charge >= 0.3 is 0 Å². The molecule has 0 unspecified atom stereocenters. The molecule has 0 saturated heterocycles. The van der Waals surface area contributed by atoms with Crippen molar-refractivity contribution in [3.63, 3.8) is 0 Å². The van der Waals surface area contributed by atoms with E-state index in [1.807, 2.05) is 26.1 Å². The second-order valence-electron chi connectivity index (χ2n) is 3.03. The molecule has 0 aliphatic heterocycles. The first kappa shape index (κ1) is 11.3. The van der Waals surface area contributed by atoms with Crippen molar-refractivity contribution in [3.05, 3.63) is 22.8 Å². The van der Waals surface area contributed by atoms with Gasteiger partial charge in [0.05, 0.1) is 7.11 Å². The summed E-state index contributed by atoms with van der Waals surface area (Å²) < 4.78 is 4.96. The van der Waals surface area contributed by atoms with Crippen molar-refractivity contribution in [2.75, 3.05) is 7.11 Å². The lowest BCUT2D eigenvalue weighted by Crippen LogP contribution is -1.90. The van der Waals surface area contributed by atoms with Crippen LogP contribution in [-0.4, -0.2) is 12.1 Å². The summed E-state index contributed by atoms with van der Waals surface area (Å²) in [7, 11) is 1.57. The maximum Gasteiger partial charge on any atom is 0.232 e. The molecule has 1 aromatic heterocycles. The Hall–Kier alpha value is -0.760. The maximum atomic E-state index is 5.91. The number of pyridine rings is 1. The zero-order chi connectivity index (χ0) is 10.6. The summed E-state index contributed by atoms with van der Waals surface area (Å²) in [6, 6.07) is 1.95. The molecule has 0 aromatic carbocycles. The summed E-state index contributed by atoms with van der Waals surface area (Å²) >= 11 is 5.91. The van der Waals surface area contributed by atoms with Crippen LogP contribution < -0.4 is 4.74 Å². The van der Waals surface area contributed by atoms with Gasteiger partial charge in [-0.2, -0.15) is 0 Å². The van der Waals surface area contributed by atoms with Crippen molar-refractivity contribution < 1.29 is 4.74 Å². The van der Waals surface area contributed by atoms with Gasteiger partial charge in [0.2, 0.25) is 5.88 Å². The number of aromatic nitrogens is 1. The first-order chi connectivity index (χ1) is 6.81. The number of rotatable bonds is 2. The minimum Gasteiger partial charge on any atom is -0.480 e. The fourth-order valence-electron chi connectivity index (χ4n) is 1.23. The van der Waals surface area contributed by atoms with E-state index in [0.717, 1.165) is 0 Å². The fraction of sp³-hybridized carbons (Fsp3) is 0.545. The van der Waals surface area contributed by atoms with Gasteiger partial charge in [0, 0.05) is 6.20 Å². The molecule has 1 heterocycles. The molecule has 14 heavy (non-hydrogen) atoms. The molecule has 0 spiro atoms. The largest absolute Gasteiger partial charge is 0.480 e. The van der Waals surface area contributed by atoms with Crippen LogP contribution in [0.2, 0.25) is 5.02 Å². The first-order valence-electron chi connectivity index (χ1n) is 5.00. The molecule has 0 atom stereocenters. The van der Waals surface area contributed by atoms with Crippen LogP contribution in [0, 0.1) is 0 Å². The summed E-state index contributed by atoms with van der Waals surface area (Å²) in [5.74, 6) is 1.21. The Morgan fingerprint density at radius 3 is 2.50 bits per heavy atom. The molecule has 1 aromatic rings. The van der Waals surface area contributed by atoms with E-state index in [1.54, 1.807) is 7.11 Å². The SMILES string of the molecule is CC.COc1ncc(C2CC2)cc1Cl. The summed E-state index contributed by atoms with van der Waals surface area (Å²) in [5.41, 5.74) is 1.24. The number of ether oxygens (including phenoxy) is 1. The number of hydrogen-bond acceptors (Lipinski definition) is 2. The van der Waals surface area contributed by atoms with Crippen molar-refractivity contribution in [1.82, 2.24) is 4.98 Å². The molecule has 1 aliphatic rings. The lowest BCUT2D eigenvalue weighted by molar-refractivity contribution is 0.398. The second kappa shape index (κ2) is 5.20. The van der Waals surface area contributed by atoms with Crippen LogP contribution in [0.4, 0.5) is 0 Å². The van der Waals surface area contributed by atoms with Crippen molar-refractivity contribution >= 4 is 11.6 Å². The summed E-state index contributed by atoms with van der Waals surface area (Å²) in [5, 5.41) is 0.613. The van der Waals surface area contributed by atoms with E-state index < -0.39 is 0 Å². The Morgan fingerprint density at radius 1 is 1.43 bits per heavy atom. The Kier molecular flexibility index (Phi) is 4.21. The Labute approximate surface area is 90.3 Å². The Bertz CT molecular complexity index is 297. The molecule has 0 radical (unpaired) electrons. The standard InChI is InChI=1S/C9H10ClNO.C2H6/c1-12-9-8(10)4-7(5-11-9)6-2-3-6;1-2/h4-6H,2-3H2,1H3;1-2H3. The summed E-state index contributed by atoms with van der Waals surface area (Å²) in [6.45, 7) is 4.00. The third-order valence-electron chi connectivity index (χ3n) is 2.07. The Morgan fingerprint density at radius 2 is 2.07 bits per heavy atom. The molecule has 2 rings (SSSR count). The van der Waals surface area contributed by atoms with Crippen LogP contribution in [0.15, 0.2) is 12.3 Å². The van der Waals surface area contributed by atoms with Crippen LogP contribution >= 0.6 is 11.6 Å². The smallest absolute Gasteiger partial charge is 0.232 e. The lowest BCUT2D eigenvalue weighted by atomic mass is 10.2. The van der Waals surface area contributed by atoms with Crippen molar-refractivity contribution in [2.45, 2.75) is 32.6 Å². The van der Waals surface area contributed by atoms with Gasteiger partial charge in [0.1, 0.15) is 5.02 Å². The van der Waals surface area contributed by atoms with Gasteiger partial charge in [0.25, 0.3) is 0 Å². The topological polar surface area (TPSA) is 22.1 Å². The van der Waals surface area contributed by atoms with Gasteiger partial charge < -0.3 is 4.74 Å². The predicted molar refractivity (Wildman–Crippen MR) is 59.1 cm³/mol. The van der Waals surface area contributed by atoms with E-state index in [4.69, 9.17) is 16.3 Å². The van der Waals surface area contributed by atoms with Crippen LogP contribution in [-0.2, 0) is 0 Å². The molecule has 0 bridgehead atoms. The minimum atomic E-state index is 0.515. The molecule has 0 N–H and O–H groups in total. The van der Waals surface area contributed by atoms with E-state index >= 15 is 0 Å². The van der Waals surface area contributed by atoms with Crippen molar-refractivity contribution in [1.29, 1.82) is 0 Å². The van der Waals surface area contributed by atoms with Crippen LogP contribution in [0.25, 0.3) is 0 Å². The van der Waals surface area contributed by atoms with Crippen LogP contribution in [0.5, 0.6) is 5.88 Å². The first-order valence-corrected chi connectivity index (χ1v) is 5.38. The molecule has 0 amide bonds.